The van der Waals surface area contributed by atoms with E-state index in [1.807, 2.05) is 30.7 Å². The first-order chi connectivity index (χ1) is 9.93. The van der Waals surface area contributed by atoms with Gasteiger partial charge in [-0.3, -0.25) is 0 Å². The molecule has 0 radical (unpaired) electrons. The second-order valence-electron chi connectivity index (χ2n) is 4.70. The van der Waals surface area contributed by atoms with Gasteiger partial charge < -0.3 is 18.8 Å². The molecule has 0 unspecified atom stereocenters. The number of aromatic nitrogens is 2. The molecule has 0 aliphatic carbocycles. The van der Waals surface area contributed by atoms with E-state index in [-0.39, 0.29) is 6.79 Å². The third kappa shape index (κ3) is 3.04. The number of hydrogen-bond acceptors (Lipinski definition) is 4. The first kappa shape index (κ1) is 12.8. The van der Waals surface area contributed by atoms with E-state index in [0.29, 0.717) is 6.61 Å². The predicted molar refractivity (Wildman–Crippen MR) is 74.1 cm³/mol. The SMILES string of the molecule is c1cc(OCCCCCn2ccnc2)c2c(c1)OCO2. The van der Waals surface area contributed by atoms with Gasteiger partial charge >= 0.3 is 0 Å². The Bertz CT molecular complexity index is 540. The van der Waals surface area contributed by atoms with E-state index >= 15 is 0 Å². The maximum Gasteiger partial charge on any atom is 0.231 e. The van der Waals surface area contributed by atoms with Crippen LogP contribution in [0, 0.1) is 0 Å². The number of fused-ring (bicyclic) bond motifs is 1. The molecule has 0 fully saturated rings. The van der Waals surface area contributed by atoms with Crippen molar-refractivity contribution in [2.45, 2.75) is 25.8 Å². The molecule has 0 saturated carbocycles. The molecule has 0 atom stereocenters. The van der Waals surface area contributed by atoms with Gasteiger partial charge in [-0.2, -0.15) is 0 Å². The van der Waals surface area contributed by atoms with Crippen molar-refractivity contribution < 1.29 is 14.2 Å². The zero-order valence-electron chi connectivity index (χ0n) is 11.3. The van der Waals surface area contributed by atoms with Crippen molar-refractivity contribution in [2.24, 2.45) is 0 Å². The fourth-order valence-corrected chi connectivity index (χ4v) is 2.19. The van der Waals surface area contributed by atoms with E-state index in [1.54, 1.807) is 6.20 Å². The van der Waals surface area contributed by atoms with Crippen LogP contribution in [0.2, 0.25) is 0 Å². The average Bonchev–Trinajstić information content (AvgIpc) is 3.13. The van der Waals surface area contributed by atoms with Crippen LogP contribution >= 0.6 is 0 Å². The second-order valence-corrected chi connectivity index (χ2v) is 4.70. The summed E-state index contributed by atoms with van der Waals surface area (Å²) >= 11 is 0. The largest absolute Gasteiger partial charge is 0.490 e. The number of hydrogen-bond donors (Lipinski definition) is 0. The first-order valence-corrected chi connectivity index (χ1v) is 6.90. The molecule has 0 N–H and O–H groups in total. The Hall–Kier alpha value is -2.17. The van der Waals surface area contributed by atoms with Gasteiger partial charge in [-0.15, -0.1) is 0 Å². The van der Waals surface area contributed by atoms with E-state index in [9.17, 15) is 0 Å². The van der Waals surface area contributed by atoms with Crippen LogP contribution < -0.4 is 14.2 Å². The Balaban J connectivity index is 1.37. The van der Waals surface area contributed by atoms with Gasteiger partial charge in [-0.25, -0.2) is 4.98 Å². The van der Waals surface area contributed by atoms with Gasteiger partial charge in [-0.1, -0.05) is 6.07 Å². The summed E-state index contributed by atoms with van der Waals surface area (Å²) in [5.41, 5.74) is 0. The van der Waals surface area contributed by atoms with Crippen LogP contribution in [0.25, 0.3) is 0 Å². The lowest BCUT2D eigenvalue weighted by Crippen LogP contribution is -2.00. The van der Waals surface area contributed by atoms with E-state index in [1.165, 1.54) is 0 Å². The zero-order valence-corrected chi connectivity index (χ0v) is 11.3. The van der Waals surface area contributed by atoms with Crippen molar-refractivity contribution >= 4 is 0 Å². The van der Waals surface area contributed by atoms with Gasteiger partial charge in [0.2, 0.25) is 12.5 Å². The number of benzene rings is 1. The topological polar surface area (TPSA) is 45.5 Å². The van der Waals surface area contributed by atoms with Crippen LogP contribution in [0.4, 0.5) is 0 Å². The smallest absolute Gasteiger partial charge is 0.231 e. The van der Waals surface area contributed by atoms with Crippen LogP contribution in [0.1, 0.15) is 19.3 Å². The van der Waals surface area contributed by atoms with Gasteiger partial charge in [0.05, 0.1) is 12.9 Å². The predicted octanol–water partition coefficient (Wildman–Crippen LogP) is 2.86. The molecule has 1 aromatic heterocycles. The van der Waals surface area contributed by atoms with Crippen molar-refractivity contribution in [3.63, 3.8) is 0 Å². The highest BCUT2D eigenvalue weighted by Crippen LogP contribution is 2.40. The Morgan fingerprint density at radius 2 is 2.20 bits per heavy atom. The van der Waals surface area contributed by atoms with Gasteiger partial charge in [0.1, 0.15) is 0 Å². The summed E-state index contributed by atoms with van der Waals surface area (Å²) in [5, 5.41) is 0. The number of nitrogens with zero attached hydrogens (tertiary/aromatic N) is 2. The number of aryl methyl sites for hydroxylation is 1. The maximum absolute atomic E-state index is 5.76. The van der Waals surface area contributed by atoms with Crippen molar-refractivity contribution in [1.29, 1.82) is 0 Å². The van der Waals surface area contributed by atoms with E-state index < -0.39 is 0 Å². The number of ether oxygens (including phenoxy) is 3. The fraction of sp³-hybridized carbons (Fsp3) is 0.400. The molecule has 5 heteroatoms. The van der Waals surface area contributed by atoms with Crippen molar-refractivity contribution in [2.75, 3.05) is 13.4 Å². The molecule has 1 aliphatic heterocycles. The highest BCUT2D eigenvalue weighted by atomic mass is 16.7. The second kappa shape index (κ2) is 6.32. The maximum atomic E-state index is 5.76. The molecule has 0 amide bonds. The third-order valence-corrected chi connectivity index (χ3v) is 3.24. The lowest BCUT2D eigenvalue weighted by molar-refractivity contribution is 0.169. The highest BCUT2D eigenvalue weighted by molar-refractivity contribution is 5.52. The fourth-order valence-electron chi connectivity index (χ4n) is 2.19. The summed E-state index contributed by atoms with van der Waals surface area (Å²) in [4.78, 5) is 4.02. The molecule has 1 aromatic carbocycles. The molecule has 3 rings (SSSR count). The number of rotatable bonds is 7. The minimum atomic E-state index is 0.278. The minimum Gasteiger partial charge on any atom is -0.490 e. The van der Waals surface area contributed by atoms with Crippen LogP contribution in [0.3, 0.4) is 0 Å². The molecular weight excluding hydrogens is 256 g/mol. The Morgan fingerprint density at radius 3 is 3.10 bits per heavy atom. The van der Waals surface area contributed by atoms with Crippen LogP contribution in [0.5, 0.6) is 17.2 Å². The Labute approximate surface area is 118 Å². The van der Waals surface area contributed by atoms with Crippen LogP contribution in [0.15, 0.2) is 36.9 Å². The van der Waals surface area contributed by atoms with Crippen molar-refractivity contribution in [1.82, 2.24) is 9.55 Å². The summed E-state index contributed by atoms with van der Waals surface area (Å²) in [5.74, 6) is 2.27. The molecule has 1 aliphatic rings. The first-order valence-electron chi connectivity index (χ1n) is 6.90. The summed E-state index contributed by atoms with van der Waals surface area (Å²) in [6, 6.07) is 5.72. The molecular formula is C15H18N2O3. The molecule has 0 bridgehead atoms. The minimum absolute atomic E-state index is 0.278. The van der Waals surface area contributed by atoms with Gasteiger partial charge in [0.15, 0.2) is 11.5 Å². The Kier molecular flexibility index (Phi) is 4.06. The van der Waals surface area contributed by atoms with E-state index in [0.717, 1.165) is 43.1 Å². The van der Waals surface area contributed by atoms with Crippen LogP contribution in [-0.4, -0.2) is 23.0 Å². The molecule has 5 nitrogen and oxygen atoms in total. The monoisotopic (exact) mass is 274 g/mol. The zero-order chi connectivity index (χ0) is 13.6. The van der Waals surface area contributed by atoms with Crippen molar-refractivity contribution in [3.05, 3.63) is 36.9 Å². The summed E-state index contributed by atoms with van der Waals surface area (Å²) < 4.78 is 18.6. The van der Waals surface area contributed by atoms with E-state index in [2.05, 4.69) is 9.55 Å². The Morgan fingerprint density at radius 1 is 1.20 bits per heavy atom. The molecule has 0 spiro atoms. The van der Waals surface area contributed by atoms with Crippen molar-refractivity contribution in [3.8, 4) is 17.2 Å². The summed E-state index contributed by atoms with van der Waals surface area (Å²) in [6.07, 6.45) is 8.93. The summed E-state index contributed by atoms with van der Waals surface area (Å²) in [6.45, 7) is 1.99. The van der Waals surface area contributed by atoms with Gasteiger partial charge in [0, 0.05) is 18.9 Å². The average molecular weight is 274 g/mol. The normalized spacial score (nSPS) is 12.6. The number of imidazole rings is 1. The summed E-state index contributed by atoms with van der Waals surface area (Å²) in [7, 11) is 0. The standard InChI is InChI=1S/C15H18N2O3/c1(2-8-17-9-7-16-11-17)3-10-18-13-5-4-6-14-15(13)20-12-19-14/h4-7,9,11H,1-3,8,10,12H2. The van der Waals surface area contributed by atoms with Crippen LogP contribution in [-0.2, 0) is 6.54 Å². The lowest BCUT2D eigenvalue weighted by Gasteiger charge is -2.08. The van der Waals surface area contributed by atoms with Gasteiger partial charge in [0.25, 0.3) is 0 Å². The quantitative estimate of drug-likeness (QED) is 0.728. The molecule has 0 saturated heterocycles. The highest BCUT2D eigenvalue weighted by Gasteiger charge is 2.17. The molecule has 106 valence electrons. The van der Waals surface area contributed by atoms with E-state index in [4.69, 9.17) is 14.2 Å². The molecule has 2 aromatic rings. The van der Waals surface area contributed by atoms with Gasteiger partial charge in [-0.05, 0) is 31.4 Å². The number of unbranched alkanes of at least 4 members (excludes halogenated alkanes) is 2. The molecule has 20 heavy (non-hydrogen) atoms. The lowest BCUT2D eigenvalue weighted by atomic mass is 10.2. The third-order valence-electron chi connectivity index (χ3n) is 3.24. The molecule has 2 heterocycles. The number of para-hydroxylation sites is 1.